The van der Waals surface area contributed by atoms with E-state index in [1.165, 1.54) is 11.3 Å². The SMILES string of the molecule is CCN1CCC(Oc2cccc(NC(=O)Nc3csc(-c4ccncc4)n3)n2)CC1. The van der Waals surface area contributed by atoms with Crippen LogP contribution in [-0.2, 0) is 0 Å². The monoisotopic (exact) mass is 424 g/mol. The van der Waals surface area contributed by atoms with Gasteiger partial charge in [0.1, 0.15) is 22.7 Å². The number of rotatable bonds is 6. The molecule has 4 heterocycles. The first kappa shape index (κ1) is 20.2. The smallest absolute Gasteiger partial charge is 0.326 e. The van der Waals surface area contributed by atoms with E-state index in [0.29, 0.717) is 17.5 Å². The average Bonchev–Trinajstić information content (AvgIpc) is 3.23. The number of likely N-dealkylation sites (tertiary alicyclic amines) is 1. The van der Waals surface area contributed by atoms with Crippen LogP contribution in [0.3, 0.4) is 0 Å². The predicted molar refractivity (Wildman–Crippen MR) is 118 cm³/mol. The molecule has 1 aliphatic heterocycles. The molecule has 0 atom stereocenters. The molecule has 4 rings (SSSR count). The molecule has 2 amide bonds. The number of carbonyl (C=O) groups excluding carboxylic acids is 1. The van der Waals surface area contributed by atoms with Gasteiger partial charge in [0.2, 0.25) is 5.88 Å². The number of nitrogens with one attached hydrogen (secondary N) is 2. The molecule has 3 aromatic rings. The Balaban J connectivity index is 1.32. The topological polar surface area (TPSA) is 92.3 Å². The van der Waals surface area contributed by atoms with E-state index in [2.05, 4.69) is 37.4 Å². The van der Waals surface area contributed by atoms with E-state index in [1.54, 1.807) is 23.8 Å². The van der Waals surface area contributed by atoms with Gasteiger partial charge in [-0.25, -0.2) is 9.78 Å². The van der Waals surface area contributed by atoms with Gasteiger partial charge in [0.15, 0.2) is 0 Å². The number of hydrogen-bond acceptors (Lipinski definition) is 7. The number of nitrogens with zero attached hydrogens (tertiary/aromatic N) is 4. The fourth-order valence-electron chi connectivity index (χ4n) is 3.29. The van der Waals surface area contributed by atoms with Gasteiger partial charge in [-0.2, -0.15) is 4.98 Å². The average molecular weight is 425 g/mol. The maximum absolute atomic E-state index is 12.3. The van der Waals surface area contributed by atoms with Crippen LogP contribution in [0.5, 0.6) is 5.88 Å². The fourth-order valence-corrected chi connectivity index (χ4v) is 4.04. The Morgan fingerprint density at radius 3 is 2.67 bits per heavy atom. The number of urea groups is 1. The zero-order chi connectivity index (χ0) is 20.8. The maximum Gasteiger partial charge on any atom is 0.326 e. The number of hydrogen-bond donors (Lipinski definition) is 2. The number of ether oxygens (including phenoxy) is 1. The van der Waals surface area contributed by atoms with Crippen LogP contribution < -0.4 is 15.4 Å². The van der Waals surface area contributed by atoms with Gasteiger partial charge in [0.25, 0.3) is 0 Å². The standard InChI is InChI=1S/C21H24N6O2S/c1-2-27-12-8-16(9-13-27)29-19-5-3-4-17(23-19)25-21(28)26-18-14-30-20(24-18)15-6-10-22-11-7-15/h3-7,10-11,14,16H,2,8-9,12-13H2,1H3,(H2,23,25,26,28). The summed E-state index contributed by atoms with van der Waals surface area (Å²) in [5.41, 5.74) is 0.958. The molecule has 1 fully saturated rings. The quantitative estimate of drug-likeness (QED) is 0.619. The number of amides is 2. The minimum Gasteiger partial charge on any atom is -0.474 e. The molecule has 3 aromatic heterocycles. The Kier molecular flexibility index (Phi) is 6.50. The Hall–Kier alpha value is -3.04. The highest BCUT2D eigenvalue weighted by Gasteiger charge is 2.20. The minimum atomic E-state index is -0.400. The normalized spacial score (nSPS) is 15.0. The molecule has 0 saturated carbocycles. The van der Waals surface area contributed by atoms with Gasteiger partial charge in [-0.15, -0.1) is 11.3 Å². The lowest BCUT2D eigenvalue weighted by Gasteiger charge is -2.30. The third-order valence-corrected chi connectivity index (χ3v) is 5.80. The Morgan fingerprint density at radius 2 is 1.90 bits per heavy atom. The zero-order valence-electron chi connectivity index (χ0n) is 16.7. The number of piperidine rings is 1. The minimum absolute atomic E-state index is 0.158. The molecule has 0 unspecified atom stereocenters. The van der Waals surface area contributed by atoms with Crippen molar-refractivity contribution in [2.75, 3.05) is 30.3 Å². The lowest BCUT2D eigenvalue weighted by Crippen LogP contribution is -2.38. The molecule has 30 heavy (non-hydrogen) atoms. The molecule has 156 valence electrons. The van der Waals surface area contributed by atoms with E-state index in [9.17, 15) is 4.79 Å². The van der Waals surface area contributed by atoms with Crippen molar-refractivity contribution in [2.24, 2.45) is 0 Å². The van der Waals surface area contributed by atoms with Crippen LogP contribution in [0.1, 0.15) is 19.8 Å². The maximum atomic E-state index is 12.3. The molecule has 0 aliphatic carbocycles. The van der Waals surface area contributed by atoms with Gasteiger partial charge in [0, 0.05) is 42.5 Å². The Morgan fingerprint density at radius 1 is 1.13 bits per heavy atom. The van der Waals surface area contributed by atoms with Crippen molar-refractivity contribution >= 4 is 29.0 Å². The van der Waals surface area contributed by atoms with Crippen molar-refractivity contribution < 1.29 is 9.53 Å². The van der Waals surface area contributed by atoms with Crippen LogP contribution in [0.25, 0.3) is 10.6 Å². The van der Waals surface area contributed by atoms with Crippen molar-refractivity contribution in [1.82, 2.24) is 19.9 Å². The number of aromatic nitrogens is 3. The van der Waals surface area contributed by atoms with Gasteiger partial charge in [-0.05, 0) is 37.6 Å². The molecule has 0 radical (unpaired) electrons. The molecular weight excluding hydrogens is 400 g/mol. The molecule has 0 spiro atoms. The second kappa shape index (κ2) is 9.64. The largest absolute Gasteiger partial charge is 0.474 e. The lowest BCUT2D eigenvalue weighted by molar-refractivity contribution is 0.0999. The highest BCUT2D eigenvalue weighted by atomic mass is 32.1. The second-order valence-corrected chi connectivity index (χ2v) is 7.82. The first-order valence-corrected chi connectivity index (χ1v) is 10.9. The van der Waals surface area contributed by atoms with Gasteiger partial charge >= 0.3 is 6.03 Å². The van der Waals surface area contributed by atoms with Crippen molar-refractivity contribution in [2.45, 2.75) is 25.9 Å². The van der Waals surface area contributed by atoms with E-state index in [-0.39, 0.29) is 6.10 Å². The van der Waals surface area contributed by atoms with Crippen LogP contribution in [0.2, 0.25) is 0 Å². The van der Waals surface area contributed by atoms with Gasteiger partial charge in [-0.3, -0.25) is 15.6 Å². The first-order chi connectivity index (χ1) is 14.7. The van der Waals surface area contributed by atoms with E-state index in [0.717, 1.165) is 43.0 Å². The second-order valence-electron chi connectivity index (χ2n) is 6.97. The van der Waals surface area contributed by atoms with Crippen molar-refractivity contribution in [1.29, 1.82) is 0 Å². The summed E-state index contributed by atoms with van der Waals surface area (Å²) in [6, 6.07) is 8.73. The molecule has 0 bridgehead atoms. The summed E-state index contributed by atoms with van der Waals surface area (Å²) in [4.78, 5) is 27.6. The lowest BCUT2D eigenvalue weighted by atomic mass is 10.1. The van der Waals surface area contributed by atoms with Gasteiger partial charge in [-0.1, -0.05) is 13.0 Å². The predicted octanol–water partition coefficient (Wildman–Crippen LogP) is 4.11. The molecule has 0 aromatic carbocycles. The third-order valence-electron chi connectivity index (χ3n) is 4.91. The van der Waals surface area contributed by atoms with Crippen LogP contribution in [0.4, 0.5) is 16.4 Å². The summed E-state index contributed by atoms with van der Waals surface area (Å²) in [5, 5.41) is 8.09. The molecule has 9 heteroatoms. The number of anilines is 2. The zero-order valence-corrected chi connectivity index (χ0v) is 17.6. The molecule has 2 N–H and O–H groups in total. The molecule has 1 aliphatic rings. The van der Waals surface area contributed by atoms with Crippen molar-refractivity contribution in [3.63, 3.8) is 0 Å². The fraction of sp³-hybridized carbons (Fsp3) is 0.333. The van der Waals surface area contributed by atoms with E-state index in [1.807, 2.05) is 24.3 Å². The number of thiazole rings is 1. The summed E-state index contributed by atoms with van der Waals surface area (Å²) in [6.45, 7) is 5.32. The summed E-state index contributed by atoms with van der Waals surface area (Å²) >= 11 is 1.45. The van der Waals surface area contributed by atoms with Gasteiger partial charge in [0.05, 0.1) is 0 Å². The van der Waals surface area contributed by atoms with E-state index >= 15 is 0 Å². The van der Waals surface area contributed by atoms with Crippen LogP contribution in [-0.4, -0.2) is 51.6 Å². The number of pyridine rings is 2. The highest BCUT2D eigenvalue weighted by Crippen LogP contribution is 2.25. The third kappa shape index (κ3) is 5.31. The van der Waals surface area contributed by atoms with Crippen LogP contribution in [0, 0.1) is 0 Å². The Labute approximate surface area is 179 Å². The molecule has 8 nitrogen and oxygen atoms in total. The van der Waals surface area contributed by atoms with E-state index < -0.39 is 6.03 Å². The first-order valence-electron chi connectivity index (χ1n) is 9.99. The van der Waals surface area contributed by atoms with Gasteiger partial charge < -0.3 is 9.64 Å². The summed E-state index contributed by atoms with van der Waals surface area (Å²) < 4.78 is 6.02. The molecular formula is C21H24N6O2S. The molecule has 1 saturated heterocycles. The van der Waals surface area contributed by atoms with E-state index in [4.69, 9.17) is 4.74 Å². The van der Waals surface area contributed by atoms with Crippen molar-refractivity contribution in [3.8, 4) is 16.5 Å². The highest BCUT2D eigenvalue weighted by molar-refractivity contribution is 7.13. The van der Waals surface area contributed by atoms with Crippen molar-refractivity contribution in [3.05, 3.63) is 48.1 Å². The van der Waals surface area contributed by atoms with Crippen LogP contribution in [0.15, 0.2) is 48.1 Å². The Bertz CT molecular complexity index is 972. The summed E-state index contributed by atoms with van der Waals surface area (Å²) in [5.74, 6) is 1.44. The van der Waals surface area contributed by atoms with Crippen LogP contribution >= 0.6 is 11.3 Å². The number of carbonyl (C=O) groups is 1. The summed E-state index contributed by atoms with van der Waals surface area (Å²) in [7, 11) is 0. The summed E-state index contributed by atoms with van der Waals surface area (Å²) in [6.07, 6.45) is 5.55.